The van der Waals surface area contributed by atoms with E-state index in [2.05, 4.69) is 12.0 Å². The van der Waals surface area contributed by atoms with Crippen molar-refractivity contribution in [2.75, 3.05) is 6.61 Å². The van der Waals surface area contributed by atoms with Gasteiger partial charge in [0.1, 0.15) is 5.75 Å². The standard InChI is InChI=1S/C14H19N3O3/c1-2-3-4-9-20-12-7-5-11(6-8-12)10-16-17-14(19)13(15)18/h5-8,10H,2-4,9H2,1H3,(H2,15,18)(H,17,19)/b16-10+. The molecule has 2 amide bonds. The molecule has 1 aromatic carbocycles. The van der Waals surface area contributed by atoms with Gasteiger partial charge in [0.15, 0.2) is 0 Å². The lowest BCUT2D eigenvalue weighted by atomic mass is 10.2. The molecule has 20 heavy (non-hydrogen) atoms. The minimum atomic E-state index is -1.07. The fourth-order valence-electron chi connectivity index (χ4n) is 1.41. The van der Waals surface area contributed by atoms with E-state index in [9.17, 15) is 9.59 Å². The van der Waals surface area contributed by atoms with Gasteiger partial charge < -0.3 is 10.5 Å². The summed E-state index contributed by atoms with van der Waals surface area (Å²) < 4.78 is 5.56. The molecule has 1 aromatic rings. The SMILES string of the molecule is CCCCCOc1ccc(/C=N/NC(=O)C(N)=O)cc1. The van der Waals surface area contributed by atoms with Gasteiger partial charge in [0.25, 0.3) is 0 Å². The Morgan fingerprint density at radius 2 is 2.00 bits per heavy atom. The number of carbonyl (C=O) groups excluding carboxylic acids is 2. The maximum Gasteiger partial charge on any atom is 0.329 e. The molecule has 0 spiro atoms. The zero-order chi connectivity index (χ0) is 14.8. The lowest BCUT2D eigenvalue weighted by molar-refractivity contribution is -0.137. The quantitative estimate of drug-likeness (QED) is 0.339. The summed E-state index contributed by atoms with van der Waals surface area (Å²) in [5.41, 5.74) is 7.55. The van der Waals surface area contributed by atoms with Crippen LogP contribution < -0.4 is 15.9 Å². The number of nitrogens with one attached hydrogen (secondary N) is 1. The van der Waals surface area contributed by atoms with Crippen LogP contribution in [0.3, 0.4) is 0 Å². The average molecular weight is 277 g/mol. The molecule has 0 saturated heterocycles. The van der Waals surface area contributed by atoms with E-state index in [-0.39, 0.29) is 0 Å². The predicted octanol–water partition coefficient (Wildman–Crippen LogP) is 1.19. The topological polar surface area (TPSA) is 93.8 Å². The van der Waals surface area contributed by atoms with Crippen LogP contribution in [0.4, 0.5) is 0 Å². The van der Waals surface area contributed by atoms with E-state index in [0.29, 0.717) is 6.61 Å². The summed E-state index contributed by atoms with van der Waals surface area (Å²) in [6.07, 6.45) is 4.78. The van der Waals surface area contributed by atoms with Crippen molar-refractivity contribution >= 4 is 18.0 Å². The van der Waals surface area contributed by atoms with Gasteiger partial charge in [0.2, 0.25) is 0 Å². The number of nitrogens with two attached hydrogens (primary N) is 1. The number of hydrazone groups is 1. The van der Waals surface area contributed by atoms with Crippen LogP contribution in [0.25, 0.3) is 0 Å². The molecule has 0 aliphatic heterocycles. The van der Waals surface area contributed by atoms with Crippen molar-refractivity contribution in [1.29, 1.82) is 0 Å². The number of ether oxygens (including phenoxy) is 1. The first kappa shape index (κ1) is 15.7. The van der Waals surface area contributed by atoms with E-state index in [4.69, 9.17) is 10.5 Å². The number of nitrogens with zero attached hydrogens (tertiary/aromatic N) is 1. The van der Waals surface area contributed by atoms with E-state index in [1.54, 1.807) is 12.1 Å². The van der Waals surface area contributed by atoms with Gasteiger partial charge in [0, 0.05) is 0 Å². The Labute approximate surface area is 118 Å². The van der Waals surface area contributed by atoms with Crippen molar-refractivity contribution in [3.05, 3.63) is 29.8 Å². The third-order valence-corrected chi connectivity index (χ3v) is 2.50. The first-order valence-electron chi connectivity index (χ1n) is 6.49. The molecule has 3 N–H and O–H groups in total. The Hall–Kier alpha value is -2.37. The Morgan fingerprint density at radius 3 is 2.60 bits per heavy atom. The van der Waals surface area contributed by atoms with Crippen molar-refractivity contribution in [2.45, 2.75) is 26.2 Å². The molecule has 0 aromatic heterocycles. The first-order valence-corrected chi connectivity index (χ1v) is 6.49. The number of hydrogen-bond acceptors (Lipinski definition) is 4. The summed E-state index contributed by atoms with van der Waals surface area (Å²) in [4.78, 5) is 21.3. The highest BCUT2D eigenvalue weighted by Crippen LogP contribution is 2.11. The van der Waals surface area contributed by atoms with E-state index in [1.165, 1.54) is 6.21 Å². The smallest absolute Gasteiger partial charge is 0.329 e. The zero-order valence-corrected chi connectivity index (χ0v) is 11.5. The third kappa shape index (κ3) is 5.99. The summed E-state index contributed by atoms with van der Waals surface area (Å²) in [5, 5.41) is 3.61. The van der Waals surface area contributed by atoms with Gasteiger partial charge in [-0.2, -0.15) is 5.10 Å². The number of benzene rings is 1. The Kier molecular flexibility index (Phi) is 6.81. The van der Waals surface area contributed by atoms with Crippen LogP contribution in [0.5, 0.6) is 5.75 Å². The fourth-order valence-corrected chi connectivity index (χ4v) is 1.41. The number of hydrogen-bond donors (Lipinski definition) is 2. The monoisotopic (exact) mass is 277 g/mol. The highest BCUT2D eigenvalue weighted by atomic mass is 16.5. The Bertz CT molecular complexity index is 469. The van der Waals surface area contributed by atoms with Crippen LogP contribution in [0, 0.1) is 0 Å². The number of rotatable bonds is 7. The van der Waals surface area contributed by atoms with Crippen molar-refractivity contribution in [3.8, 4) is 5.75 Å². The van der Waals surface area contributed by atoms with Crippen LogP contribution in [0.2, 0.25) is 0 Å². The van der Waals surface area contributed by atoms with Gasteiger partial charge in [-0.15, -0.1) is 0 Å². The summed E-state index contributed by atoms with van der Waals surface area (Å²) >= 11 is 0. The molecule has 0 fully saturated rings. The molecular formula is C14H19N3O3. The summed E-state index contributed by atoms with van der Waals surface area (Å²) in [6.45, 7) is 2.85. The lowest BCUT2D eigenvalue weighted by Crippen LogP contribution is -2.32. The van der Waals surface area contributed by atoms with Gasteiger partial charge in [-0.25, -0.2) is 5.43 Å². The second kappa shape index (κ2) is 8.68. The number of unbranched alkanes of at least 4 members (excludes halogenated alkanes) is 2. The molecule has 0 bridgehead atoms. The predicted molar refractivity (Wildman–Crippen MR) is 76.4 cm³/mol. The average Bonchev–Trinajstić information content (AvgIpc) is 2.45. The van der Waals surface area contributed by atoms with Crippen LogP contribution in [0.15, 0.2) is 29.4 Å². The van der Waals surface area contributed by atoms with Gasteiger partial charge in [0.05, 0.1) is 12.8 Å². The van der Waals surface area contributed by atoms with Gasteiger partial charge in [-0.05, 0) is 36.2 Å². The maximum atomic E-state index is 10.8. The van der Waals surface area contributed by atoms with Crippen molar-refractivity contribution in [3.63, 3.8) is 0 Å². The van der Waals surface area contributed by atoms with Crippen LogP contribution in [-0.4, -0.2) is 24.6 Å². The molecule has 108 valence electrons. The van der Waals surface area contributed by atoms with Gasteiger partial charge >= 0.3 is 11.8 Å². The van der Waals surface area contributed by atoms with Crippen molar-refractivity contribution < 1.29 is 14.3 Å². The molecule has 0 aliphatic carbocycles. The Morgan fingerprint density at radius 1 is 1.30 bits per heavy atom. The second-order valence-electron chi connectivity index (χ2n) is 4.19. The number of carbonyl (C=O) groups is 2. The molecule has 0 unspecified atom stereocenters. The van der Waals surface area contributed by atoms with Crippen LogP contribution in [-0.2, 0) is 9.59 Å². The molecule has 0 radical (unpaired) electrons. The van der Waals surface area contributed by atoms with E-state index in [1.807, 2.05) is 17.6 Å². The first-order chi connectivity index (χ1) is 9.63. The summed E-state index contributed by atoms with van der Waals surface area (Å²) in [7, 11) is 0. The number of primary amides is 1. The molecule has 0 atom stereocenters. The minimum absolute atomic E-state index is 0.704. The third-order valence-electron chi connectivity index (χ3n) is 2.50. The van der Waals surface area contributed by atoms with Gasteiger partial charge in [-0.3, -0.25) is 9.59 Å². The van der Waals surface area contributed by atoms with E-state index < -0.39 is 11.8 Å². The van der Waals surface area contributed by atoms with Crippen LogP contribution >= 0.6 is 0 Å². The lowest BCUT2D eigenvalue weighted by Gasteiger charge is -2.05. The highest BCUT2D eigenvalue weighted by molar-refractivity contribution is 6.34. The molecule has 0 aliphatic rings. The van der Waals surface area contributed by atoms with Crippen LogP contribution in [0.1, 0.15) is 31.7 Å². The molecule has 6 nitrogen and oxygen atoms in total. The normalized spacial score (nSPS) is 10.4. The number of amides is 2. The molecular weight excluding hydrogens is 258 g/mol. The molecule has 1 rings (SSSR count). The Balaban J connectivity index is 2.40. The van der Waals surface area contributed by atoms with E-state index >= 15 is 0 Å². The van der Waals surface area contributed by atoms with Crippen molar-refractivity contribution in [1.82, 2.24) is 5.43 Å². The highest BCUT2D eigenvalue weighted by Gasteiger charge is 2.05. The fraction of sp³-hybridized carbons (Fsp3) is 0.357. The second-order valence-corrected chi connectivity index (χ2v) is 4.19. The zero-order valence-electron chi connectivity index (χ0n) is 11.5. The van der Waals surface area contributed by atoms with E-state index in [0.717, 1.165) is 30.6 Å². The molecule has 0 heterocycles. The summed E-state index contributed by atoms with van der Waals surface area (Å²) in [6, 6.07) is 7.25. The molecule has 0 saturated carbocycles. The van der Waals surface area contributed by atoms with Crippen molar-refractivity contribution in [2.24, 2.45) is 10.8 Å². The van der Waals surface area contributed by atoms with Gasteiger partial charge in [-0.1, -0.05) is 19.8 Å². The largest absolute Gasteiger partial charge is 0.494 e. The maximum absolute atomic E-state index is 10.8. The summed E-state index contributed by atoms with van der Waals surface area (Å²) in [5.74, 6) is -1.23. The molecule has 6 heteroatoms. The minimum Gasteiger partial charge on any atom is -0.494 e.